The monoisotopic (exact) mass is 1510 g/mol. The minimum Gasteiger partial charge on any atom is -0.394 e. The van der Waals surface area contributed by atoms with E-state index >= 15 is 0 Å². The van der Waals surface area contributed by atoms with Gasteiger partial charge in [-0.15, -0.1) is 0 Å². The summed E-state index contributed by atoms with van der Waals surface area (Å²) in [4.78, 5) is 13.5. The van der Waals surface area contributed by atoms with Crippen molar-refractivity contribution < 1.29 is 89.4 Å². The van der Waals surface area contributed by atoms with Gasteiger partial charge >= 0.3 is 0 Å². The Hall–Kier alpha value is -4.33. The van der Waals surface area contributed by atoms with Crippen molar-refractivity contribution >= 4 is 5.91 Å². The van der Waals surface area contributed by atoms with Crippen molar-refractivity contribution in [2.24, 2.45) is 0 Å². The predicted molar refractivity (Wildman–Crippen MR) is 429 cm³/mol. The summed E-state index contributed by atoms with van der Waals surface area (Å²) in [5.41, 5.74) is 0. The van der Waals surface area contributed by atoms with Crippen LogP contribution in [0.3, 0.4) is 0 Å². The number of hydrogen-bond acceptors (Lipinski definition) is 18. The van der Waals surface area contributed by atoms with E-state index in [1.165, 1.54) is 141 Å². The zero-order valence-corrected chi connectivity index (χ0v) is 65.6. The van der Waals surface area contributed by atoms with Crippen LogP contribution in [-0.4, -0.2) is 193 Å². The molecule has 17 atom stereocenters. The molecule has 0 aromatic rings. The van der Waals surface area contributed by atoms with E-state index < -0.39 is 131 Å². The quantitative estimate of drug-likeness (QED) is 0.0199. The van der Waals surface area contributed by atoms with Gasteiger partial charge in [-0.1, -0.05) is 301 Å². The first-order valence-electron chi connectivity index (χ1n) is 41.6. The highest BCUT2D eigenvalue weighted by atomic mass is 16.8. The third-order valence-electron chi connectivity index (χ3n) is 19.6. The van der Waals surface area contributed by atoms with Gasteiger partial charge in [0.15, 0.2) is 18.9 Å². The number of nitrogens with one attached hydrogen (secondary N) is 1. The van der Waals surface area contributed by atoms with E-state index in [0.29, 0.717) is 12.8 Å². The molecular formula is C88H147NO18. The lowest BCUT2D eigenvalue weighted by Gasteiger charge is -2.48. The van der Waals surface area contributed by atoms with Crippen LogP contribution in [0.15, 0.2) is 146 Å². The molecule has 0 aliphatic carbocycles. The minimum absolute atomic E-state index is 0.170. The van der Waals surface area contributed by atoms with Gasteiger partial charge in [-0.05, 0) is 109 Å². The zero-order chi connectivity index (χ0) is 77.4. The minimum atomic E-state index is -1.99. The smallest absolute Gasteiger partial charge is 0.220 e. The molecule has 3 aliphatic heterocycles. The molecular weight excluding hydrogens is 1360 g/mol. The second kappa shape index (κ2) is 66.3. The molecule has 3 fully saturated rings. The topological polar surface area (TPSA) is 307 Å². The third kappa shape index (κ3) is 45.7. The second-order valence-electron chi connectivity index (χ2n) is 28.8. The van der Waals surface area contributed by atoms with Gasteiger partial charge in [0.05, 0.1) is 38.6 Å². The zero-order valence-electron chi connectivity index (χ0n) is 65.6. The standard InChI is InChI=1S/C88H147NO18/c1-3-5-7-9-11-13-15-17-19-21-23-25-27-29-31-33-34-35-36-38-40-42-44-46-48-50-52-54-56-58-60-62-64-66-76(94)89-71(72(93)65-63-61-59-57-55-53-51-49-47-45-43-41-39-37-32-30-28-26-24-22-20-18-16-14-12-10-8-6-4-2)70-102-86-82(100)79(97)84(74(68-91)104-86)107-88-83(101)80(98)85(75(69-92)105-88)106-87-81(99)78(96)77(95)73(67-90)103-87/h5,7,11,13,17,19,23,25,29,31,34-35,38,40,44,46,50,52,55-58,63,65,71-75,77-88,90-93,95-101H,3-4,6,8-10,12,14-16,18,20-22,24,26-28,30,32-33,36-37,39,41-43,45,47-49,51,53-54,59-62,64,66-70H2,1-2H3,(H,89,94)/b7-5-,13-11-,19-17-,25-23-,31-29-,35-34-,40-38-,46-44-,52-50-,57-55+,58-56-,65-63+. The van der Waals surface area contributed by atoms with E-state index in [0.717, 1.165) is 96.3 Å². The van der Waals surface area contributed by atoms with E-state index in [1.807, 2.05) is 6.08 Å². The summed E-state index contributed by atoms with van der Waals surface area (Å²) >= 11 is 0. The molecule has 17 unspecified atom stereocenters. The number of amides is 1. The maximum absolute atomic E-state index is 13.5. The van der Waals surface area contributed by atoms with E-state index in [2.05, 4.69) is 153 Å². The number of hydrogen-bond donors (Lipinski definition) is 12. The Morgan fingerprint density at radius 2 is 0.654 bits per heavy atom. The van der Waals surface area contributed by atoms with Gasteiger partial charge in [0, 0.05) is 6.42 Å². The van der Waals surface area contributed by atoms with Gasteiger partial charge in [-0.25, -0.2) is 0 Å². The van der Waals surface area contributed by atoms with Gasteiger partial charge in [0.2, 0.25) is 5.91 Å². The van der Waals surface area contributed by atoms with Crippen LogP contribution in [0.25, 0.3) is 0 Å². The first kappa shape index (κ1) is 96.9. The Morgan fingerprint density at radius 3 is 1.05 bits per heavy atom. The average molecular weight is 1510 g/mol. The van der Waals surface area contributed by atoms with Crippen molar-refractivity contribution in [1.82, 2.24) is 5.32 Å². The van der Waals surface area contributed by atoms with E-state index in [4.69, 9.17) is 28.4 Å². The molecule has 3 heterocycles. The van der Waals surface area contributed by atoms with Crippen LogP contribution in [0.1, 0.15) is 271 Å². The Kier molecular flexibility index (Phi) is 60.0. The number of unbranched alkanes of at least 4 members (excludes halogenated alkanes) is 26. The van der Waals surface area contributed by atoms with Crippen LogP contribution >= 0.6 is 0 Å². The highest BCUT2D eigenvalue weighted by Gasteiger charge is 2.54. The average Bonchev–Trinajstić information content (AvgIpc) is 0.782. The fourth-order valence-corrected chi connectivity index (χ4v) is 13.0. The summed E-state index contributed by atoms with van der Waals surface area (Å²) in [7, 11) is 0. The van der Waals surface area contributed by atoms with Crippen molar-refractivity contribution in [2.45, 2.75) is 375 Å². The number of allylic oxidation sites excluding steroid dienone is 23. The van der Waals surface area contributed by atoms with Gasteiger partial charge in [-0.3, -0.25) is 4.79 Å². The van der Waals surface area contributed by atoms with E-state index in [1.54, 1.807) is 6.08 Å². The molecule has 1 amide bonds. The summed E-state index contributed by atoms with van der Waals surface area (Å²) < 4.78 is 34.4. The van der Waals surface area contributed by atoms with Crippen LogP contribution in [-0.2, 0) is 33.2 Å². The van der Waals surface area contributed by atoms with Gasteiger partial charge in [0.1, 0.15) is 73.2 Å². The first-order valence-corrected chi connectivity index (χ1v) is 41.6. The number of carbonyl (C=O) groups excluding carboxylic acids is 1. The molecule has 0 aromatic carbocycles. The first-order chi connectivity index (χ1) is 52.3. The molecule has 19 nitrogen and oxygen atoms in total. The van der Waals surface area contributed by atoms with Crippen LogP contribution in [0.2, 0.25) is 0 Å². The lowest BCUT2D eigenvalue weighted by molar-refractivity contribution is -0.379. The summed E-state index contributed by atoms with van der Waals surface area (Å²) in [5.74, 6) is -0.331. The van der Waals surface area contributed by atoms with Crippen molar-refractivity contribution in [3.63, 3.8) is 0 Å². The highest BCUT2D eigenvalue weighted by Crippen LogP contribution is 2.33. The largest absolute Gasteiger partial charge is 0.394 e. The molecule has 612 valence electrons. The lowest BCUT2D eigenvalue weighted by atomic mass is 9.96. The Bertz CT molecular complexity index is 2500. The number of carbonyl (C=O) groups is 1. The molecule has 107 heavy (non-hydrogen) atoms. The molecule has 3 rings (SSSR count). The summed E-state index contributed by atoms with van der Waals surface area (Å²) in [6.45, 7) is 1.58. The maximum Gasteiger partial charge on any atom is 0.220 e. The van der Waals surface area contributed by atoms with E-state index in [9.17, 15) is 61.0 Å². The van der Waals surface area contributed by atoms with Crippen LogP contribution < -0.4 is 5.32 Å². The second-order valence-corrected chi connectivity index (χ2v) is 28.8. The maximum atomic E-state index is 13.5. The molecule has 3 saturated heterocycles. The van der Waals surface area contributed by atoms with Crippen molar-refractivity contribution in [2.75, 3.05) is 26.4 Å². The lowest BCUT2D eigenvalue weighted by Crippen LogP contribution is -2.66. The molecule has 0 aromatic heterocycles. The molecule has 0 saturated carbocycles. The van der Waals surface area contributed by atoms with Crippen molar-refractivity contribution in [1.29, 1.82) is 0 Å². The van der Waals surface area contributed by atoms with E-state index in [-0.39, 0.29) is 12.3 Å². The van der Waals surface area contributed by atoms with Crippen molar-refractivity contribution in [3.05, 3.63) is 146 Å². The molecule has 0 spiro atoms. The Labute approximate surface area is 644 Å². The summed E-state index contributed by atoms with van der Waals surface area (Å²) in [5, 5.41) is 121. The fraction of sp³-hybridized carbons (Fsp3) is 0.716. The normalized spacial score (nSPS) is 26.3. The third-order valence-corrected chi connectivity index (χ3v) is 19.6. The summed E-state index contributed by atoms with van der Waals surface area (Å²) in [6, 6.07) is -1.03. The highest BCUT2D eigenvalue weighted by molar-refractivity contribution is 5.76. The predicted octanol–water partition coefficient (Wildman–Crippen LogP) is 14.6. The summed E-state index contributed by atoms with van der Waals surface area (Å²) in [6.07, 6.45) is 69.8. The van der Waals surface area contributed by atoms with Crippen LogP contribution in [0, 0.1) is 0 Å². The number of aliphatic hydroxyl groups is 11. The molecule has 19 heteroatoms. The SMILES string of the molecule is CC/C=C\C/C=C\C/C=C\C/C=C\C/C=C\C/C=C\C/C=C\C/C=C\C/C=C\C/C=C\CCCCC(=O)NC(COC1OC(CO)C(OC2OC(CO)C(OC3OC(CO)C(O)C(O)C3O)C(O)C2O)C(O)C1O)C(O)/C=C/CC/C=C/CCCCCCCCCCCCCCCCCCCCCCCCC. The fourth-order valence-electron chi connectivity index (χ4n) is 13.0. The van der Waals surface area contributed by atoms with Crippen LogP contribution in [0.4, 0.5) is 0 Å². The van der Waals surface area contributed by atoms with Crippen LogP contribution in [0.5, 0.6) is 0 Å². The molecule has 3 aliphatic rings. The number of ether oxygens (including phenoxy) is 6. The Balaban J connectivity index is 1.41. The van der Waals surface area contributed by atoms with Gasteiger partial charge in [0.25, 0.3) is 0 Å². The van der Waals surface area contributed by atoms with Gasteiger partial charge in [-0.2, -0.15) is 0 Å². The van der Waals surface area contributed by atoms with Crippen molar-refractivity contribution in [3.8, 4) is 0 Å². The molecule has 12 N–H and O–H groups in total. The number of aliphatic hydroxyl groups excluding tert-OH is 11. The number of rotatable bonds is 64. The molecule has 0 bridgehead atoms. The van der Waals surface area contributed by atoms with Gasteiger partial charge < -0.3 is 89.9 Å². The molecule has 0 radical (unpaired) electrons. The Morgan fingerprint density at radius 1 is 0.346 bits per heavy atom.